The minimum absolute atomic E-state index is 0.0342. The van der Waals surface area contributed by atoms with Gasteiger partial charge in [-0.2, -0.15) is 0 Å². The molecule has 2 aliphatic rings. The summed E-state index contributed by atoms with van der Waals surface area (Å²) < 4.78 is 0. The summed E-state index contributed by atoms with van der Waals surface area (Å²) in [5.74, 6) is 0.0104. The van der Waals surface area contributed by atoms with E-state index in [1.807, 2.05) is 30.3 Å². The number of nitrogens with one attached hydrogen (secondary N) is 1. The number of fused-ring (bicyclic) bond motifs is 1. The Balaban J connectivity index is 1.72. The van der Waals surface area contributed by atoms with Gasteiger partial charge in [-0.1, -0.05) is 49.9 Å². The predicted molar refractivity (Wildman–Crippen MR) is 95.0 cm³/mol. The lowest BCUT2D eigenvalue weighted by atomic mass is 9.93. The molecule has 1 unspecified atom stereocenters. The molecule has 0 spiro atoms. The summed E-state index contributed by atoms with van der Waals surface area (Å²) in [6.07, 6.45) is 11.1. The first-order valence-corrected chi connectivity index (χ1v) is 9.00. The van der Waals surface area contributed by atoms with Gasteiger partial charge < -0.3 is 10.2 Å². The molecular weight excluding hydrogens is 300 g/mol. The number of amides is 2. The van der Waals surface area contributed by atoms with Crippen LogP contribution in [0.15, 0.2) is 30.5 Å². The van der Waals surface area contributed by atoms with Gasteiger partial charge in [0.1, 0.15) is 0 Å². The third-order valence-electron chi connectivity index (χ3n) is 5.07. The second-order valence-corrected chi connectivity index (χ2v) is 6.85. The van der Waals surface area contributed by atoms with Gasteiger partial charge in [0.25, 0.3) is 0 Å². The lowest BCUT2D eigenvalue weighted by Gasteiger charge is -2.32. The standard InChI is InChI=1S/C20H26N2O2/c1-15(23)22-13-12-16-8-6-7-11-18(16)19(22)14-20(24)21-17-9-4-2-3-5-10-17/h6-8,11-13,17,19H,2-5,9-10,14H2,1H3,(H,21,24). The van der Waals surface area contributed by atoms with Crippen molar-refractivity contribution in [2.75, 3.05) is 0 Å². The highest BCUT2D eigenvalue weighted by molar-refractivity contribution is 5.82. The molecule has 1 atom stereocenters. The SMILES string of the molecule is CC(=O)N1C=Cc2ccccc2C1CC(=O)NC1CCCCCC1. The van der Waals surface area contributed by atoms with Gasteiger partial charge in [-0.15, -0.1) is 0 Å². The Labute approximate surface area is 143 Å². The molecule has 1 aromatic rings. The van der Waals surface area contributed by atoms with Gasteiger partial charge in [0.15, 0.2) is 0 Å². The molecular formula is C20H26N2O2. The van der Waals surface area contributed by atoms with E-state index >= 15 is 0 Å². The molecule has 4 nitrogen and oxygen atoms in total. The molecule has 0 saturated heterocycles. The molecule has 0 radical (unpaired) electrons. The van der Waals surface area contributed by atoms with E-state index in [-0.39, 0.29) is 17.9 Å². The monoisotopic (exact) mass is 326 g/mol. The lowest BCUT2D eigenvalue weighted by molar-refractivity contribution is -0.130. The maximum Gasteiger partial charge on any atom is 0.223 e. The molecule has 1 N–H and O–H groups in total. The Morgan fingerprint density at radius 3 is 2.54 bits per heavy atom. The summed E-state index contributed by atoms with van der Waals surface area (Å²) in [7, 11) is 0. The van der Waals surface area contributed by atoms with E-state index in [9.17, 15) is 9.59 Å². The summed E-state index contributed by atoms with van der Waals surface area (Å²) in [5.41, 5.74) is 2.13. The molecule has 1 aromatic carbocycles. The highest BCUT2D eigenvalue weighted by Gasteiger charge is 2.28. The molecule has 128 valence electrons. The topological polar surface area (TPSA) is 49.4 Å². The van der Waals surface area contributed by atoms with Gasteiger partial charge in [0.2, 0.25) is 11.8 Å². The summed E-state index contributed by atoms with van der Waals surface area (Å²) in [4.78, 5) is 26.3. The number of benzene rings is 1. The number of hydrogen-bond acceptors (Lipinski definition) is 2. The van der Waals surface area contributed by atoms with Crippen LogP contribution < -0.4 is 5.32 Å². The van der Waals surface area contributed by atoms with Crippen molar-refractivity contribution in [3.8, 4) is 0 Å². The van der Waals surface area contributed by atoms with E-state index in [1.165, 1.54) is 25.7 Å². The smallest absolute Gasteiger partial charge is 0.223 e. The fourth-order valence-electron chi connectivity index (χ4n) is 3.80. The van der Waals surface area contributed by atoms with Gasteiger partial charge in [0.05, 0.1) is 12.5 Å². The van der Waals surface area contributed by atoms with Crippen LogP contribution in [-0.2, 0) is 9.59 Å². The minimum atomic E-state index is -0.213. The molecule has 1 saturated carbocycles. The van der Waals surface area contributed by atoms with Gasteiger partial charge >= 0.3 is 0 Å². The van der Waals surface area contributed by atoms with Crippen molar-refractivity contribution in [3.05, 3.63) is 41.6 Å². The van der Waals surface area contributed by atoms with Crippen LogP contribution in [0.1, 0.15) is 69.0 Å². The van der Waals surface area contributed by atoms with Crippen molar-refractivity contribution < 1.29 is 9.59 Å². The zero-order valence-corrected chi connectivity index (χ0v) is 14.3. The van der Waals surface area contributed by atoms with Crippen LogP contribution >= 0.6 is 0 Å². The zero-order valence-electron chi connectivity index (χ0n) is 14.3. The van der Waals surface area contributed by atoms with Crippen LogP contribution in [0, 0.1) is 0 Å². The summed E-state index contributed by atoms with van der Waals surface area (Å²) in [6.45, 7) is 1.55. The van der Waals surface area contributed by atoms with Crippen molar-refractivity contribution >= 4 is 17.9 Å². The van der Waals surface area contributed by atoms with E-state index in [0.29, 0.717) is 12.5 Å². The molecule has 1 aliphatic carbocycles. The van der Waals surface area contributed by atoms with E-state index in [1.54, 1.807) is 18.0 Å². The first-order valence-electron chi connectivity index (χ1n) is 9.00. The molecule has 2 amide bonds. The van der Waals surface area contributed by atoms with Crippen molar-refractivity contribution in [2.24, 2.45) is 0 Å². The van der Waals surface area contributed by atoms with E-state index in [2.05, 4.69) is 5.32 Å². The second-order valence-electron chi connectivity index (χ2n) is 6.85. The zero-order chi connectivity index (χ0) is 16.9. The Bertz CT molecular complexity index is 630. The van der Waals surface area contributed by atoms with Crippen molar-refractivity contribution in [1.29, 1.82) is 0 Å². The molecule has 1 fully saturated rings. The highest BCUT2D eigenvalue weighted by Crippen LogP contribution is 2.32. The van der Waals surface area contributed by atoms with Crippen LogP contribution in [0.4, 0.5) is 0 Å². The molecule has 3 rings (SSSR count). The average Bonchev–Trinajstić information content (AvgIpc) is 2.83. The number of carbonyl (C=O) groups excluding carboxylic acids is 2. The fourth-order valence-corrected chi connectivity index (χ4v) is 3.80. The molecule has 1 aliphatic heterocycles. The Hall–Kier alpha value is -2.10. The number of nitrogens with zero attached hydrogens (tertiary/aromatic N) is 1. The van der Waals surface area contributed by atoms with Crippen LogP contribution in [0.2, 0.25) is 0 Å². The summed E-state index contributed by atoms with van der Waals surface area (Å²) in [5, 5.41) is 3.20. The Morgan fingerprint density at radius 1 is 1.12 bits per heavy atom. The van der Waals surface area contributed by atoms with Crippen LogP contribution in [-0.4, -0.2) is 22.8 Å². The molecule has 1 heterocycles. The van der Waals surface area contributed by atoms with Gasteiger partial charge in [-0.05, 0) is 30.0 Å². The van der Waals surface area contributed by atoms with Crippen LogP contribution in [0.5, 0.6) is 0 Å². The quantitative estimate of drug-likeness (QED) is 0.859. The van der Waals surface area contributed by atoms with Crippen LogP contribution in [0.25, 0.3) is 6.08 Å². The molecule has 0 aromatic heterocycles. The third kappa shape index (κ3) is 3.86. The normalized spacial score (nSPS) is 21.0. The van der Waals surface area contributed by atoms with Gasteiger partial charge in [-0.3, -0.25) is 9.59 Å². The minimum Gasteiger partial charge on any atom is -0.353 e. The Kier molecular flexibility index (Phi) is 5.34. The van der Waals surface area contributed by atoms with Gasteiger partial charge in [-0.25, -0.2) is 0 Å². The Morgan fingerprint density at radius 2 is 1.83 bits per heavy atom. The molecule has 4 heteroatoms. The van der Waals surface area contributed by atoms with E-state index in [0.717, 1.165) is 24.0 Å². The lowest BCUT2D eigenvalue weighted by Crippen LogP contribution is -2.39. The summed E-state index contributed by atoms with van der Waals surface area (Å²) >= 11 is 0. The average molecular weight is 326 g/mol. The predicted octanol–water partition coefficient (Wildman–Crippen LogP) is 3.79. The van der Waals surface area contributed by atoms with Crippen molar-refractivity contribution in [2.45, 2.75) is 64.0 Å². The second kappa shape index (κ2) is 7.65. The van der Waals surface area contributed by atoms with E-state index < -0.39 is 0 Å². The van der Waals surface area contributed by atoms with Gasteiger partial charge in [0, 0.05) is 19.2 Å². The molecule has 24 heavy (non-hydrogen) atoms. The first kappa shape index (κ1) is 16.7. The number of rotatable bonds is 3. The molecule has 0 bridgehead atoms. The highest BCUT2D eigenvalue weighted by atomic mass is 16.2. The largest absolute Gasteiger partial charge is 0.353 e. The number of hydrogen-bond donors (Lipinski definition) is 1. The maximum atomic E-state index is 12.6. The number of carbonyl (C=O) groups is 2. The fraction of sp³-hybridized carbons (Fsp3) is 0.500. The summed E-state index contributed by atoms with van der Waals surface area (Å²) in [6, 6.07) is 8.06. The first-order chi connectivity index (χ1) is 11.6. The van der Waals surface area contributed by atoms with Crippen molar-refractivity contribution in [1.82, 2.24) is 10.2 Å². The third-order valence-corrected chi connectivity index (χ3v) is 5.07. The van der Waals surface area contributed by atoms with Crippen molar-refractivity contribution in [3.63, 3.8) is 0 Å². The van der Waals surface area contributed by atoms with E-state index in [4.69, 9.17) is 0 Å². The van der Waals surface area contributed by atoms with Crippen LogP contribution in [0.3, 0.4) is 0 Å². The maximum absolute atomic E-state index is 12.6.